The third kappa shape index (κ3) is 1.43. The van der Waals surface area contributed by atoms with E-state index in [1.54, 1.807) is 10.8 Å². The summed E-state index contributed by atoms with van der Waals surface area (Å²) >= 11 is 3.08. The van der Waals surface area contributed by atoms with Gasteiger partial charge in [-0.15, -0.1) is 0 Å². The summed E-state index contributed by atoms with van der Waals surface area (Å²) in [4.78, 5) is 11.5. The van der Waals surface area contributed by atoms with Gasteiger partial charge < -0.3 is 4.57 Å². The number of ketones is 1. The Bertz CT molecular complexity index is 359. The van der Waals surface area contributed by atoms with Gasteiger partial charge in [0.05, 0.1) is 4.47 Å². The molecule has 0 radical (unpaired) electrons. The largest absolute Gasteiger partial charge is 0.341 e. The van der Waals surface area contributed by atoms with Gasteiger partial charge in [-0.2, -0.15) is 0 Å². The Kier molecular flexibility index (Phi) is 2.24. The minimum atomic E-state index is -0.410. The lowest BCUT2D eigenvalue weighted by Crippen LogP contribution is -2.05. The Hall–Kier alpha value is -0.640. The van der Waals surface area contributed by atoms with Crippen LogP contribution in [0.2, 0.25) is 0 Å². The lowest BCUT2D eigenvalue weighted by molar-refractivity contribution is 0.0973. The third-order valence-electron chi connectivity index (χ3n) is 2.29. The van der Waals surface area contributed by atoms with Crippen LogP contribution in [0, 0.1) is 5.82 Å². The molecule has 2 nitrogen and oxygen atoms in total. The molecule has 1 aliphatic rings. The highest BCUT2D eigenvalue weighted by molar-refractivity contribution is 9.10. The summed E-state index contributed by atoms with van der Waals surface area (Å²) in [5.74, 6) is -0.493. The summed E-state index contributed by atoms with van der Waals surface area (Å²) in [5, 5.41) is 0. The van der Waals surface area contributed by atoms with Crippen LogP contribution in [-0.4, -0.2) is 10.4 Å². The Morgan fingerprint density at radius 2 is 2.23 bits per heavy atom. The molecule has 0 N–H and O–H groups in total. The number of Topliss-reactive ketones (excluding diaryl/α,β-unsaturated/α-hetero) is 1. The van der Waals surface area contributed by atoms with Crippen molar-refractivity contribution < 1.29 is 9.18 Å². The Morgan fingerprint density at radius 3 is 3.00 bits per heavy atom. The minimum Gasteiger partial charge on any atom is -0.341 e. The van der Waals surface area contributed by atoms with Gasteiger partial charge in [0.25, 0.3) is 0 Å². The second-order valence-electron chi connectivity index (χ2n) is 3.21. The van der Waals surface area contributed by atoms with Crippen molar-refractivity contribution in [3.05, 3.63) is 22.2 Å². The van der Waals surface area contributed by atoms with Crippen LogP contribution in [0.5, 0.6) is 0 Å². The van der Waals surface area contributed by atoms with Crippen LogP contribution < -0.4 is 0 Å². The van der Waals surface area contributed by atoms with E-state index in [0.29, 0.717) is 10.9 Å². The van der Waals surface area contributed by atoms with Gasteiger partial charge in [0, 0.05) is 19.2 Å². The van der Waals surface area contributed by atoms with Gasteiger partial charge in [-0.05, 0) is 28.8 Å². The fourth-order valence-electron chi connectivity index (χ4n) is 1.64. The molecule has 0 saturated heterocycles. The number of rotatable bonds is 0. The van der Waals surface area contributed by atoms with Crippen LogP contribution in [0.1, 0.15) is 29.8 Å². The monoisotopic (exact) mass is 245 g/mol. The lowest BCUT2D eigenvalue weighted by atomic mass is 10.1. The summed E-state index contributed by atoms with van der Waals surface area (Å²) in [6, 6.07) is 0. The van der Waals surface area contributed by atoms with E-state index in [1.807, 2.05) is 0 Å². The van der Waals surface area contributed by atoms with Crippen molar-refractivity contribution in [2.75, 3.05) is 0 Å². The molecule has 2 rings (SSSR count). The van der Waals surface area contributed by atoms with E-state index in [2.05, 4.69) is 15.9 Å². The maximum absolute atomic E-state index is 13.4. The molecule has 0 spiro atoms. The lowest BCUT2D eigenvalue weighted by Gasteiger charge is -2.00. The number of carbonyl (C=O) groups excluding carboxylic acids is 1. The first-order valence-corrected chi connectivity index (χ1v) is 5.07. The zero-order valence-electron chi connectivity index (χ0n) is 7.02. The van der Waals surface area contributed by atoms with Crippen molar-refractivity contribution in [3.63, 3.8) is 0 Å². The predicted molar refractivity (Wildman–Crippen MR) is 50.3 cm³/mol. The molecule has 0 unspecified atom stereocenters. The number of halogens is 2. The highest BCUT2D eigenvalue weighted by Gasteiger charge is 2.22. The quantitative estimate of drug-likeness (QED) is 0.689. The van der Waals surface area contributed by atoms with E-state index >= 15 is 0 Å². The minimum absolute atomic E-state index is 0.0827. The van der Waals surface area contributed by atoms with Gasteiger partial charge in [0.15, 0.2) is 11.6 Å². The third-order valence-corrected chi connectivity index (χ3v) is 2.84. The van der Waals surface area contributed by atoms with E-state index in [4.69, 9.17) is 0 Å². The molecule has 70 valence electrons. The standard InChI is InChI=1S/C9H9BrFNO/c10-6-5-12-4-2-1-3-7(13)9(12)8(6)11/h5H,1-4H2. The molecule has 1 aromatic heterocycles. The van der Waals surface area contributed by atoms with Crippen molar-refractivity contribution in [2.24, 2.45) is 0 Å². The SMILES string of the molecule is O=C1CCCCn2cc(Br)c(F)c21. The summed E-state index contributed by atoms with van der Waals surface area (Å²) in [6.45, 7) is 0.740. The molecule has 1 aliphatic heterocycles. The van der Waals surface area contributed by atoms with Crippen molar-refractivity contribution in [1.29, 1.82) is 0 Å². The summed E-state index contributed by atoms with van der Waals surface area (Å²) < 4.78 is 15.5. The molecular weight excluding hydrogens is 237 g/mol. The number of aryl methyl sites for hydroxylation is 1. The van der Waals surface area contributed by atoms with Crippen LogP contribution in [0.15, 0.2) is 10.7 Å². The van der Waals surface area contributed by atoms with Gasteiger partial charge >= 0.3 is 0 Å². The number of nitrogens with zero attached hydrogens (tertiary/aromatic N) is 1. The molecule has 0 aromatic carbocycles. The summed E-state index contributed by atoms with van der Waals surface area (Å²) in [6.07, 6.45) is 3.91. The second kappa shape index (κ2) is 3.25. The molecule has 0 amide bonds. The smallest absolute Gasteiger partial charge is 0.182 e. The Labute approximate surface area is 83.9 Å². The number of hydrogen-bond acceptors (Lipinski definition) is 1. The zero-order valence-corrected chi connectivity index (χ0v) is 8.60. The first-order valence-electron chi connectivity index (χ1n) is 4.27. The Balaban J connectivity index is 2.54. The molecule has 0 atom stereocenters. The second-order valence-corrected chi connectivity index (χ2v) is 4.07. The molecule has 1 aromatic rings. The predicted octanol–water partition coefficient (Wildman–Crippen LogP) is 2.76. The van der Waals surface area contributed by atoms with Gasteiger partial charge in [0.1, 0.15) is 5.69 Å². The maximum Gasteiger partial charge on any atom is 0.182 e. The molecule has 0 saturated carbocycles. The number of hydrogen-bond donors (Lipinski definition) is 0. The van der Waals surface area contributed by atoms with E-state index < -0.39 is 5.82 Å². The number of fused-ring (bicyclic) bond motifs is 1. The van der Waals surface area contributed by atoms with Gasteiger partial charge in [-0.3, -0.25) is 4.79 Å². The van der Waals surface area contributed by atoms with Crippen molar-refractivity contribution in [2.45, 2.75) is 25.8 Å². The first kappa shape index (κ1) is 8.94. The molecule has 13 heavy (non-hydrogen) atoms. The molecule has 0 bridgehead atoms. The zero-order chi connectivity index (χ0) is 9.42. The van der Waals surface area contributed by atoms with Crippen LogP contribution in [0.4, 0.5) is 4.39 Å². The normalized spacial score (nSPS) is 16.9. The van der Waals surface area contributed by atoms with Gasteiger partial charge in [-0.25, -0.2) is 4.39 Å². The van der Waals surface area contributed by atoms with E-state index in [-0.39, 0.29) is 11.5 Å². The fourth-order valence-corrected chi connectivity index (χ4v) is 2.08. The van der Waals surface area contributed by atoms with E-state index in [0.717, 1.165) is 19.4 Å². The van der Waals surface area contributed by atoms with E-state index in [1.165, 1.54) is 0 Å². The molecule has 0 aliphatic carbocycles. The average Bonchev–Trinajstić information content (AvgIpc) is 2.29. The van der Waals surface area contributed by atoms with Crippen molar-refractivity contribution >= 4 is 21.7 Å². The Morgan fingerprint density at radius 1 is 1.46 bits per heavy atom. The summed E-state index contributed by atoms with van der Waals surface area (Å²) in [7, 11) is 0. The highest BCUT2D eigenvalue weighted by Crippen LogP contribution is 2.25. The van der Waals surface area contributed by atoms with Crippen LogP contribution >= 0.6 is 15.9 Å². The molecule has 0 fully saturated rings. The maximum atomic E-state index is 13.4. The fraction of sp³-hybridized carbons (Fsp3) is 0.444. The highest BCUT2D eigenvalue weighted by atomic mass is 79.9. The number of aromatic nitrogens is 1. The van der Waals surface area contributed by atoms with Crippen molar-refractivity contribution in [3.8, 4) is 0 Å². The van der Waals surface area contributed by atoms with Gasteiger partial charge in [0.2, 0.25) is 0 Å². The molecular formula is C9H9BrFNO. The molecule has 4 heteroatoms. The van der Waals surface area contributed by atoms with E-state index in [9.17, 15) is 9.18 Å². The van der Waals surface area contributed by atoms with Crippen molar-refractivity contribution in [1.82, 2.24) is 4.57 Å². The average molecular weight is 246 g/mol. The molecule has 2 heterocycles. The first-order chi connectivity index (χ1) is 6.20. The van der Waals surface area contributed by atoms with Crippen LogP contribution in [0.3, 0.4) is 0 Å². The summed E-state index contributed by atoms with van der Waals surface area (Å²) in [5.41, 5.74) is 0.240. The number of carbonyl (C=O) groups is 1. The topological polar surface area (TPSA) is 22.0 Å². The van der Waals surface area contributed by atoms with Crippen LogP contribution in [0.25, 0.3) is 0 Å². The van der Waals surface area contributed by atoms with Gasteiger partial charge in [-0.1, -0.05) is 0 Å². The van der Waals surface area contributed by atoms with Crippen LogP contribution in [-0.2, 0) is 6.54 Å².